The van der Waals surface area contributed by atoms with Crippen molar-refractivity contribution in [3.63, 3.8) is 0 Å². The second-order valence-corrected chi connectivity index (χ2v) is 4.82. The predicted molar refractivity (Wildman–Crippen MR) is 68.0 cm³/mol. The minimum Gasteiger partial charge on any atom is -0.478 e. The number of nitrogens with zero attached hydrogens (tertiary/aromatic N) is 1. The van der Waals surface area contributed by atoms with Gasteiger partial charge in [-0.1, -0.05) is 0 Å². The summed E-state index contributed by atoms with van der Waals surface area (Å²) in [5.74, 6) is -1.83. The first kappa shape index (κ1) is 15.4. The van der Waals surface area contributed by atoms with E-state index in [1.807, 2.05) is 0 Å². The maximum absolute atomic E-state index is 11.6. The topological polar surface area (TPSA) is 118 Å². The molecule has 1 aromatic heterocycles. The van der Waals surface area contributed by atoms with Gasteiger partial charge >= 0.3 is 12.1 Å². The Hall–Kier alpha value is -2.64. The Morgan fingerprint density at radius 2 is 1.85 bits per heavy atom. The monoisotopic (exact) mass is 281 g/mol. The number of aromatic carboxylic acids is 1. The highest BCUT2D eigenvalue weighted by atomic mass is 16.6. The fourth-order valence-corrected chi connectivity index (χ4v) is 1.13. The van der Waals surface area contributed by atoms with Crippen molar-refractivity contribution in [1.29, 1.82) is 0 Å². The minimum absolute atomic E-state index is 0.0361. The Labute approximate surface area is 115 Å². The van der Waals surface area contributed by atoms with E-state index in [-0.39, 0.29) is 11.3 Å². The Morgan fingerprint density at radius 3 is 2.30 bits per heavy atom. The molecule has 0 fully saturated rings. The average Bonchev–Trinajstić information content (AvgIpc) is 2.34. The van der Waals surface area contributed by atoms with Gasteiger partial charge in [0, 0.05) is 6.20 Å². The molecule has 1 rings (SSSR count). The molecule has 3 N–H and O–H groups in total. The maximum atomic E-state index is 11.6. The highest BCUT2D eigenvalue weighted by molar-refractivity contribution is 5.94. The normalized spacial score (nSPS) is 10.6. The number of nitrogens with one attached hydrogen (secondary N) is 2. The molecule has 0 bridgehead atoms. The molecule has 0 aliphatic rings. The number of carbonyl (C=O) groups excluding carboxylic acids is 2. The van der Waals surface area contributed by atoms with Crippen LogP contribution >= 0.6 is 0 Å². The molecule has 0 atom stereocenters. The van der Waals surface area contributed by atoms with E-state index in [1.54, 1.807) is 20.8 Å². The third-order valence-electron chi connectivity index (χ3n) is 1.92. The van der Waals surface area contributed by atoms with E-state index in [0.717, 1.165) is 6.20 Å². The van der Waals surface area contributed by atoms with Crippen molar-refractivity contribution in [2.24, 2.45) is 0 Å². The number of hydrogen-bond acceptors (Lipinski definition) is 5. The first-order chi connectivity index (χ1) is 9.19. The number of carboxylic acids is 1. The van der Waals surface area contributed by atoms with Gasteiger partial charge in [0.25, 0.3) is 5.91 Å². The molecular weight excluding hydrogens is 266 g/mol. The summed E-state index contributed by atoms with van der Waals surface area (Å²) in [6.45, 7) is 5.04. The Kier molecular flexibility index (Phi) is 4.63. The van der Waals surface area contributed by atoms with Crippen LogP contribution in [-0.4, -0.2) is 33.7 Å². The van der Waals surface area contributed by atoms with Crippen molar-refractivity contribution in [3.05, 3.63) is 29.6 Å². The van der Waals surface area contributed by atoms with Gasteiger partial charge in [0.1, 0.15) is 11.3 Å². The predicted octanol–water partition coefficient (Wildman–Crippen LogP) is 0.949. The highest BCUT2D eigenvalue weighted by Gasteiger charge is 2.17. The molecule has 8 nitrogen and oxygen atoms in total. The van der Waals surface area contributed by atoms with Crippen LogP contribution in [0.1, 0.15) is 41.6 Å². The molecule has 2 amide bonds. The molecule has 0 saturated carbocycles. The van der Waals surface area contributed by atoms with Crippen molar-refractivity contribution < 1.29 is 24.2 Å². The quantitative estimate of drug-likeness (QED) is 0.695. The van der Waals surface area contributed by atoms with Gasteiger partial charge in [-0.05, 0) is 32.9 Å². The fourth-order valence-electron chi connectivity index (χ4n) is 1.13. The summed E-state index contributed by atoms with van der Waals surface area (Å²) < 4.78 is 4.91. The number of hydrazine groups is 1. The lowest BCUT2D eigenvalue weighted by Gasteiger charge is -2.19. The van der Waals surface area contributed by atoms with Crippen molar-refractivity contribution in [3.8, 4) is 0 Å². The standard InChI is InChI=1S/C12H15N3O5/c1-12(2,3)20-11(19)15-14-9(16)8-5-4-7(6-13-8)10(17)18/h4-6H,1-3H3,(H,14,16)(H,15,19)(H,17,18). The SMILES string of the molecule is CC(C)(C)OC(=O)NNC(=O)c1ccc(C(=O)O)cn1. The molecule has 8 heteroatoms. The molecule has 20 heavy (non-hydrogen) atoms. The molecule has 1 heterocycles. The molecular formula is C12H15N3O5. The van der Waals surface area contributed by atoms with E-state index in [0.29, 0.717) is 0 Å². The molecule has 108 valence electrons. The maximum Gasteiger partial charge on any atom is 0.426 e. The molecule has 0 spiro atoms. The van der Waals surface area contributed by atoms with Crippen molar-refractivity contribution in [1.82, 2.24) is 15.8 Å². The molecule has 0 aliphatic carbocycles. The molecule has 0 radical (unpaired) electrons. The number of aromatic nitrogens is 1. The van der Waals surface area contributed by atoms with Gasteiger partial charge in [0.05, 0.1) is 5.56 Å². The fraction of sp³-hybridized carbons (Fsp3) is 0.333. The van der Waals surface area contributed by atoms with Gasteiger partial charge < -0.3 is 9.84 Å². The van der Waals surface area contributed by atoms with Crippen LogP contribution in [0.3, 0.4) is 0 Å². The van der Waals surface area contributed by atoms with E-state index in [1.165, 1.54) is 12.1 Å². The number of hydrogen-bond donors (Lipinski definition) is 3. The number of pyridine rings is 1. The van der Waals surface area contributed by atoms with Crippen molar-refractivity contribution in [2.45, 2.75) is 26.4 Å². The van der Waals surface area contributed by atoms with Gasteiger partial charge in [0.15, 0.2) is 0 Å². The highest BCUT2D eigenvalue weighted by Crippen LogP contribution is 2.06. The summed E-state index contributed by atoms with van der Waals surface area (Å²) in [5, 5.41) is 8.68. The van der Waals surface area contributed by atoms with Crippen LogP contribution in [0.25, 0.3) is 0 Å². The van der Waals surface area contributed by atoms with Gasteiger partial charge in [-0.25, -0.2) is 15.0 Å². The Morgan fingerprint density at radius 1 is 1.20 bits per heavy atom. The van der Waals surface area contributed by atoms with Crippen LogP contribution in [0.2, 0.25) is 0 Å². The van der Waals surface area contributed by atoms with Gasteiger partial charge in [-0.15, -0.1) is 0 Å². The number of carbonyl (C=O) groups is 3. The minimum atomic E-state index is -1.14. The van der Waals surface area contributed by atoms with Crippen LogP contribution in [0.15, 0.2) is 18.3 Å². The zero-order valence-corrected chi connectivity index (χ0v) is 11.3. The molecule has 0 saturated heterocycles. The number of ether oxygens (including phenoxy) is 1. The van der Waals surface area contributed by atoms with E-state index in [4.69, 9.17) is 9.84 Å². The van der Waals surface area contributed by atoms with Crippen LogP contribution in [-0.2, 0) is 4.74 Å². The zero-order chi connectivity index (χ0) is 15.3. The van der Waals surface area contributed by atoms with E-state index in [9.17, 15) is 14.4 Å². The van der Waals surface area contributed by atoms with E-state index in [2.05, 4.69) is 15.8 Å². The van der Waals surface area contributed by atoms with Gasteiger partial charge in [-0.3, -0.25) is 15.2 Å². The number of carboxylic acid groups (broad SMARTS) is 1. The number of rotatable bonds is 2. The third kappa shape index (κ3) is 4.92. The van der Waals surface area contributed by atoms with Crippen LogP contribution in [0.4, 0.5) is 4.79 Å². The summed E-state index contributed by atoms with van der Waals surface area (Å²) in [6.07, 6.45) is 0.234. The molecule has 0 aliphatic heterocycles. The van der Waals surface area contributed by atoms with Gasteiger partial charge in [-0.2, -0.15) is 0 Å². The van der Waals surface area contributed by atoms with E-state index < -0.39 is 23.6 Å². The summed E-state index contributed by atoms with van der Waals surface area (Å²) in [5.41, 5.74) is 3.39. The second kappa shape index (κ2) is 6.00. The second-order valence-electron chi connectivity index (χ2n) is 4.82. The van der Waals surface area contributed by atoms with Crippen LogP contribution < -0.4 is 10.9 Å². The van der Waals surface area contributed by atoms with E-state index >= 15 is 0 Å². The third-order valence-corrected chi connectivity index (χ3v) is 1.92. The lowest BCUT2D eigenvalue weighted by atomic mass is 10.2. The summed E-state index contributed by atoms with van der Waals surface area (Å²) in [4.78, 5) is 37.2. The zero-order valence-electron chi connectivity index (χ0n) is 11.3. The lowest BCUT2D eigenvalue weighted by Crippen LogP contribution is -2.44. The van der Waals surface area contributed by atoms with Crippen LogP contribution in [0, 0.1) is 0 Å². The smallest absolute Gasteiger partial charge is 0.426 e. The first-order valence-corrected chi connectivity index (χ1v) is 5.68. The van der Waals surface area contributed by atoms with Crippen molar-refractivity contribution >= 4 is 18.0 Å². The molecule has 0 aromatic carbocycles. The molecule has 1 aromatic rings. The average molecular weight is 281 g/mol. The van der Waals surface area contributed by atoms with Crippen molar-refractivity contribution in [2.75, 3.05) is 0 Å². The molecule has 0 unspecified atom stereocenters. The number of amides is 2. The van der Waals surface area contributed by atoms with Gasteiger partial charge in [0.2, 0.25) is 0 Å². The van der Waals surface area contributed by atoms with Crippen LogP contribution in [0.5, 0.6) is 0 Å². The lowest BCUT2D eigenvalue weighted by molar-refractivity contribution is 0.0482. The summed E-state index contributed by atoms with van der Waals surface area (Å²) >= 11 is 0. The summed E-state index contributed by atoms with van der Waals surface area (Å²) in [7, 11) is 0. The first-order valence-electron chi connectivity index (χ1n) is 5.68. The Bertz CT molecular complexity index is 519. The Balaban J connectivity index is 2.55. The largest absolute Gasteiger partial charge is 0.478 e. The summed E-state index contributed by atoms with van der Waals surface area (Å²) in [6, 6.07) is 2.47.